The second-order valence-corrected chi connectivity index (χ2v) is 6.08. The number of anilines is 1. The molecule has 1 fully saturated rings. The molecule has 0 amide bonds. The molecule has 6 heteroatoms. The van der Waals surface area contributed by atoms with Gasteiger partial charge in [0.05, 0.1) is 12.4 Å². The first-order chi connectivity index (χ1) is 11.7. The number of hydrogen-bond donors (Lipinski definition) is 0. The van der Waals surface area contributed by atoms with Crippen molar-refractivity contribution in [3.05, 3.63) is 53.9 Å². The Balaban J connectivity index is 1.66. The summed E-state index contributed by atoms with van der Waals surface area (Å²) in [6, 6.07) is 7.11. The van der Waals surface area contributed by atoms with Gasteiger partial charge < -0.3 is 4.90 Å². The summed E-state index contributed by atoms with van der Waals surface area (Å²) in [5.74, 6) is -0.0474. The Morgan fingerprint density at radius 2 is 1.58 bits per heavy atom. The zero-order valence-electron chi connectivity index (χ0n) is 13.8. The molecule has 1 unspecified atom stereocenters. The number of piperazine rings is 1. The molecule has 3 rings (SSSR count). The van der Waals surface area contributed by atoms with Gasteiger partial charge in [-0.15, -0.1) is 0 Å². The fourth-order valence-corrected chi connectivity index (χ4v) is 3.22. The molecule has 1 aliphatic rings. The van der Waals surface area contributed by atoms with Crippen LogP contribution in [0.2, 0.25) is 0 Å². The fourth-order valence-electron chi connectivity index (χ4n) is 3.22. The highest BCUT2D eigenvalue weighted by atomic mass is 19.1. The number of rotatable bonds is 5. The number of aromatic nitrogens is 2. The SMILES string of the molecule is CCCC(c1ccc(F)cc1)N1CCN(c2ncc(F)cn2)CC1. The summed E-state index contributed by atoms with van der Waals surface area (Å²) >= 11 is 0. The van der Waals surface area contributed by atoms with E-state index in [0.29, 0.717) is 12.0 Å². The van der Waals surface area contributed by atoms with Gasteiger partial charge >= 0.3 is 0 Å². The largest absolute Gasteiger partial charge is 0.338 e. The summed E-state index contributed by atoms with van der Waals surface area (Å²) in [7, 11) is 0. The maximum Gasteiger partial charge on any atom is 0.225 e. The van der Waals surface area contributed by atoms with E-state index in [4.69, 9.17) is 0 Å². The molecule has 0 N–H and O–H groups in total. The van der Waals surface area contributed by atoms with E-state index >= 15 is 0 Å². The van der Waals surface area contributed by atoms with E-state index in [2.05, 4.69) is 26.7 Å². The van der Waals surface area contributed by atoms with Gasteiger partial charge in [0, 0.05) is 32.2 Å². The Labute approximate surface area is 141 Å². The molecule has 0 saturated carbocycles. The van der Waals surface area contributed by atoms with Crippen molar-refractivity contribution >= 4 is 5.95 Å². The highest BCUT2D eigenvalue weighted by molar-refractivity contribution is 5.30. The van der Waals surface area contributed by atoms with Gasteiger partial charge in [0.15, 0.2) is 5.82 Å². The van der Waals surface area contributed by atoms with Crippen molar-refractivity contribution in [2.45, 2.75) is 25.8 Å². The number of benzene rings is 1. The Bertz CT molecular complexity index is 637. The van der Waals surface area contributed by atoms with E-state index in [0.717, 1.165) is 44.6 Å². The van der Waals surface area contributed by atoms with Crippen molar-refractivity contribution in [2.24, 2.45) is 0 Å². The van der Waals surface area contributed by atoms with Gasteiger partial charge in [-0.2, -0.15) is 0 Å². The van der Waals surface area contributed by atoms with Crippen LogP contribution in [0.25, 0.3) is 0 Å². The first-order valence-electron chi connectivity index (χ1n) is 8.39. The van der Waals surface area contributed by atoms with Gasteiger partial charge in [-0.3, -0.25) is 4.90 Å². The quantitative estimate of drug-likeness (QED) is 0.840. The van der Waals surface area contributed by atoms with Crippen LogP contribution < -0.4 is 4.90 Å². The second kappa shape index (κ2) is 7.66. The van der Waals surface area contributed by atoms with Gasteiger partial charge in [-0.25, -0.2) is 18.7 Å². The summed E-state index contributed by atoms with van der Waals surface area (Å²) in [5, 5.41) is 0. The number of hydrogen-bond acceptors (Lipinski definition) is 4. The maximum atomic E-state index is 13.2. The number of nitrogens with zero attached hydrogens (tertiary/aromatic N) is 4. The Morgan fingerprint density at radius 1 is 0.958 bits per heavy atom. The molecule has 4 nitrogen and oxygen atoms in total. The molecule has 1 saturated heterocycles. The molecule has 24 heavy (non-hydrogen) atoms. The molecule has 0 bridgehead atoms. The van der Waals surface area contributed by atoms with Gasteiger partial charge in [-0.05, 0) is 24.1 Å². The van der Waals surface area contributed by atoms with Crippen molar-refractivity contribution in [2.75, 3.05) is 31.1 Å². The van der Waals surface area contributed by atoms with E-state index in [1.807, 2.05) is 12.1 Å². The number of halogens is 2. The first-order valence-corrected chi connectivity index (χ1v) is 8.39. The van der Waals surface area contributed by atoms with Crippen molar-refractivity contribution in [1.29, 1.82) is 0 Å². The van der Waals surface area contributed by atoms with E-state index in [9.17, 15) is 8.78 Å². The van der Waals surface area contributed by atoms with E-state index in [1.165, 1.54) is 24.5 Å². The summed E-state index contributed by atoms with van der Waals surface area (Å²) < 4.78 is 26.1. The Morgan fingerprint density at radius 3 is 2.17 bits per heavy atom. The van der Waals surface area contributed by atoms with Crippen LogP contribution >= 0.6 is 0 Å². The van der Waals surface area contributed by atoms with Crippen LogP contribution in [0.3, 0.4) is 0 Å². The minimum Gasteiger partial charge on any atom is -0.338 e. The van der Waals surface area contributed by atoms with Crippen LogP contribution in [0.4, 0.5) is 14.7 Å². The molecule has 0 aliphatic carbocycles. The zero-order valence-corrected chi connectivity index (χ0v) is 13.8. The minimum atomic E-state index is -0.420. The van der Waals surface area contributed by atoms with Gasteiger partial charge in [0.1, 0.15) is 5.82 Å². The van der Waals surface area contributed by atoms with Crippen molar-refractivity contribution in [1.82, 2.24) is 14.9 Å². The smallest absolute Gasteiger partial charge is 0.225 e. The molecular formula is C18H22F2N4. The highest BCUT2D eigenvalue weighted by Gasteiger charge is 2.25. The Kier molecular flexibility index (Phi) is 5.35. The molecule has 0 spiro atoms. The molecule has 2 heterocycles. The summed E-state index contributed by atoms with van der Waals surface area (Å²) in [6.07, 6.45) is 4.52. The minimum absolute atomic E-state index is 0.202. The summed E-state index contributed by atoms with van der Waals surface area (Å²) in [6.45, 7) is 5.52. The van der Waals surface area contributed by atoms with Gasteiger partial charge in [0.2, 0.25) is 5.95 Å². The van der Waals surface area contributed by atoms with Crippen LogP contribution in [-0.4, -0.2) is 41.0 Å². The average molecular weight is 332 g/mol. The van der Waals surface area contributed by atoms with E-state index in [1.54, 1.807) is 0 Å². The van der Waals surface area contributed by atoms with Crippen molar-refractivity contribution in [3.8, 4) is 0 Å². The summed E-state index contributed by atoms with van der Waals surface area (Å²) in [4.78, 5) is 12.6. The molecule has 128 valence electrons. The lowest BCUT2D eigenvalue weighted by Crippen LogP contribution is -2.48. The van der Waals surface area contributed by atoms with Crippen LogP contribution in [0.15, 0.2) is 36.7 Å². The van der Waals surface area contributed by atoms with Crippen molar-refractivity contribution < 1.29 is 8.78 Å². The molecule has 2 aromatic rings. The maximum absolute atomic E-state index is 13.2. The lowest BCUT2D eigenvalue weighted by molar-refractivity contribution is 0.175. The topological polar surface area (TPSA) is 32.3 Å². The lowest BCUT2D eigenvalue weighted by Gasteiger charge is -2.39. The molecule has 1 atom stereocenters. The average Bonchev–Trinajstić information content (AvgIpc) is 2.62. The normalized spacial score (nSPS) is 17.0. The predicted octanol–water partition coefficient (Wildman–Crippen LogP) is 3.42. The molecule has 0 radical (unpaired) electrons. The zero-order chi connectivity index (χ0) is 16.9. The first kappa shape index (κ1) is 16.8. The second-order valence-electron chi connectivity index (χ2n) is 6.08. The molecular weight excluding hydrogens is 310 g/mol. The molecule has 1 aromatic carbocycles. The van der Waals surface area contributed by atoms with Gasteiger partial charge in [0.25, 0.3) is 0 Å². The Hall–Kier alpha value is -2.08. The van der Waals surface area contributed by atoms with Crippen LogP contribution in [0.1, 0.15) is 31.4 Å². The molecule has 1 aliphatic heterocycles. The highest BCUT2D eigenvalue weighted by Crippen LogP contribution is 2.27. The standard InChI is InChI=1S/C18H22F2N4/c1-2-3-17(14-4-6-15(19)7-5-14)23-8-10-24(11-9-23)18-21-12-16(20)13-22-18/h4-7,12-13,17H,2-3,8-11H2,1H3. The third-order valence-electron chi connectivity index (χ3n) is 4.46. The fraction of sp³-hybridized carbons (Fsp3) is 0.444. The van der Waals surface area contributed by atoms with Crippen LogP contribution in [0.5, 0.6) is 0 Å². The van der Waals surface area contributed by atoms with E-state index < -0.39 is 5.82 Å². The van der Waals surface area contributed by atoms with Crippen LogP contribution in [0, 0.1) is 11.6 Å². The van der Waals surface area contributed by atoms with Crippen LogP contribution in [-0.2, 0) is 0 Å². The predicted molar refractivity (Wildman–Crippen MR) is 89.8 cm³/mol. The summed E-state index contributed by atoms with van der Waals surface area (Å²) in [5.41, 5.74) is 1.16. The van der Waals surface area contributed by atoms with Gasteiger partial charge in [-0.1, -0.05) is 25.5 Å². The lowest BCUT2D eigenvalue weighted by atomic mass is 10.00. The third kappa shape index (κ3) is 3.87. The third-order valence-corrected chi connectivity index (χ3v) is 4.46. The monoisotopic (exact) mass is 332 g/mol. The molecule has 1 aromatic heterocycles. The van der Waals surface area contributed by atoms with E-state index in [-0.39, 0.29) is 5.82 Å². The van der Waals surface area contributed by atoms with Crippen molar-refractivity contribution in [3.63, 3.8) is 0 Å².